The second kappa shape index (κ2) is 24.8. The molecule has 0 saturated carbocycles. The highest BCUT2D eigenvalue weighted by molar-refractivity contribution is 5.07. The summed E-state index contributed by atoms with van der Waals surface area (Å²) in [4.78, 5) is 0. The number of unbranched alkanes of at least 4 members (excludes halogenated alkanes) is 22. The maximum absolute atomic E-state index is 14.8. The maximum Gasteiger partial charge on any atom is 0.362 e. The van der Waals surface area contributed by atoms with Crippen LogP contribution in [0.15, 0.2) is 18.3 Å². The molecule has 0 radical (unpaired) electrons. The summed E-state index contributed by atoms with van der Waals surface area (Å²) in [6.45, 7) is 5.38. The highest BCUT2D eigenvalue weighted by Crippen LogP contribution is 2.15. The van der Waals surface area contributed by atoms with Crippen LogP contribution in [0.25, 0.3) is 0 Å². The summed E-state index contributed by atoms with van der Waals surface area (Å²) in [5, 5.41) is 0. The van der Waals surface area contributed by atoms with Gasteiger partial charge in [-0.3, -0.25) is 0 Å². The van der Waals surface area contributed by atoms with Gasteiger partial charge in [0.2, 0.25) is 0 Å². The monoisotopic (exact) mass is 490 g/mol. The molecule has 0 aromatic carbocycles. The maximum atomic E-state index is 14.8. The Hall–Kier alpha value is -0.920. The summed E-state index contributed by atoms with van der Waals surface area (Å²) >= 11 is 0. The van der Waals surface area contributed by atoms with Crippen molar-refractivity contribution in [3.05, 3.63) is 29.8 Å². The van der Waals surface area contributed by atoms with Gasteiger partial charge in [-0.1, -0.05) is 149 Å². The van der Waals surface area contributed by atoms with E-state index < -0.39 is 0 Å². The lowest BCUT2D eigenvalue weighted by Gasteiger charge is -2.05. The summed E-state index contributed by atoms with van der Waals surface area (Å²) in [5.74, 6) is 0.0106. The van der Waals surface area contributed by atoms with E-state index in [0.29, 0.717) is 0 Å². The molecule has 0 spiro atoms. The summed E-state index contributed by atoms with van der Waals surface area (Å²) in [5.41, 5.74) is 0.914. The van der Waals surface area contributed by atoms with E-state index in [9.17, 15) is 4.39 Å². The minimum absolute atomic E-state index is 0.0106. The number of halogens is 1. The van der Waals surface area contributed by atoms with Gasteiger partial charge in [0, 0.05) is 12.5 Å². The number of rotatable bonds is 26. The molecule has 0 amide bonds. The third kappa shape index (κ3) is 18.9. The predicted molar refractivity (Wildman–Crippen MR) is 152 cm³/mol. The molecule has 0 unspecified atom stereocenters. The van der Waals surface area contributed by atoms with E-state index >= 15 is 0 Å². The lowest BCUT2D eigenvalue weighted by atomic mass is 10.0. The van der Waals surface area contributed by atoms with E-state index in [-0.39, 0.29) is 5.95 Å². The van der Waals surface area contributed by atoms with Crippen LogP contribution in [0.3, 0.4) is 0 Å². The topological polar surface area (TPSA) is 3.88 Å². The van der Waals surface area contributed by atoms with Crippen molar-refractivity contribution in [3.63, 3.8) is 0 Å². The Morgan fingerprint density at radius 1 is 0.514 bits per heavy atom. The van der Waals surface area contributed by atoms with Crippen LogP contribution in [0.1, 0.15) is 174 Å². The fraction of sp³-hybridized carbons (Fsp3) is 0.848. The Morgan fingerprint density at radius 3 is 1.31 bits per heavy atom. The minimum Gasteiger partial charge on any atom is -0.174 e. The molecule has 0 aliphatic carbocycles. The summed E-state index contributed by atoms with van der Waals surface area (Å²) in [7, 11) is 0. The van der Waals surface area contributed by atoms with Gasteiger partial charge in [-0.05, 0) is 25.3 Å². The lowest BCUT2D eigenvalue weighted by molar-refractivity contribution is -0.724. The normalized spacial score (nSPS) is 11.4. The van der Waals surface area contributed by atoms with Crippen molar-refractivity contribution in [1.29, 1.82) is 0 Å². The first-order valence-corrected chi connectivity index (χ1v) is 16.0. The SMILES string of the molecule is CCCCCCCCCCCCCCCCCCc1ccc[n+](CCCCCCCCCC)c1F. The third-order valence-corrected chi connectivity index (χ3v) is 7.63. The average Bonchev–Trinajstić information content (AvgIpc) is 2.87. The number of hydrogen-bond acceptors (Lipinski definition) is 0. The Labute approximate surface area is 219 Å². The molecule has 35 heavy (non-hydrogen) atoms. The molecule has 1 heterocycles. The van der Waals surface area contributed by atoms with E-state index in [4.69, 9.17) is 0 Å². The number of aromatic nitrogens is 1. The molecule has 1 nitrogen and oxygen atoms in total. The molecular formula is C33H61FN+. The number of pyridine rings is 1. The van der Waals surface area contributed by atoms with E-state index in [0.717, 1.165) is 31.4 Å². The van der Waals surface area contributed by atoms with Crippen molar-refractivity contribution in [2.75, 3.05) is 0 Å². The third-order valence-electron chi connectivity index (χ3n) is 7.63. The Balaban J connectivity index is 1.96. The molecule has 0 N–H and O–H groups in total. The van der Waals surface area contributed by atoms with Crippen LogP contribution in [0.4, 0.5) is 4.39 Å². The van der Waals surface area contributed by atoms with E-state index in [1.165, 1.54) is 141 Å². The highest BCUT2D eigenvalue weighted by Gasteiger charge is 2.14. The quantitative estimate of drug-likeness (QED) is 0.0690. The van der Waals surface area contributed by atoms with Gasteiger partial charge in [0.15, 0.2) is 12.7 Å². The molecule has 0 fully saturated rings. The van der Waals surface area contributed by atoms with E-state index in [2.05, 4.69) is 13.8 Å². The van der Waals surface area contributed by atoms with Gasteiger partial charge in [0.1, 0.15) is 0 Å². The van der Waals surface area contributed by atoms with Crippen molar-refractivity contribution in [1.82, 2.24) is 0 Å². The van der Waals surface area contributed by atoms with Gasteiger partial charge in [-0.15, -0.1) is 4.39 Å². The molecule has 0 atom stereocenters. The molecular weight excluding hydrogens is 429 g/mol. The van der Waals surface area contributed by atoms with Crippen LogP contribution in [-0.2, 0) is 13.0 Å². The minimum atomic E-state index is 0.0106. The smallest absolute Gasteiger partial charge is 0.174 e. The first kappa shape index (κ1) is 32.1. The molecule has 0 aliphatic rings. The largest absolute Gasteiger partial charge is 0.362 e. The van der Waals surface area contributed by atoms with Crippen molar-refractivity contribution in [2.45, 2.75) is 181 Å². The second-order valence-corrected chi connectivity index (χ2v) is 11.0. The van der Waals surface area contributed by atoms with Gasteiger partial charge in [-0.2, -0.15) is 4.57 Å². The van der Waals surface area contributed by atoms with Crippen molar-refractivity contribution >= 4 is 0 Å². The Kier molecular flexibility index (Phi) is 22.7. The molecule has 0 aliphatic heterocycles. The summed E-state index contributed by atoms with van der Waals surface area (Å²) in [6.07, 6.45) is 35.3. The first-order chi connectivity index (χ1) is 17.3. The first-order valence-electron chi connectivity index (χ1n) is 16.0. The van der Waals surface area contributed by atoms with Gasteiger partial charge < -0.3 is 0 Å². The van der Waals surface area contributed by atoms with Crippen molar-refractivity contribution in [3.8, 4) is 0 Å². The number of hydrogen-bond donors (Lipinski definition) is 0. The zero-order valence-corrected chi connectivity index (χ0v) is 23.9. The molecule has 204 valence electrons. The van der Waals surface area contributed by atoms with Crippen molar-refractivity contribution in [2.24, 2.45) is 0 Å². The van der Waals surface area contributed by atoms with Gasteiger partial charge in [0.25, 0.3) is 0 Å². The highest BCUT2D eigenvalue weighted by atomic mass is 19.1. The van der Waals surface area contributed by atoms with Crippen LogP contribution in [-0.4, -0.2) is 0 Å². The summed E-state index contributed by atoms with van der Waals surface area (Å²) in [6, 6.07) is 4.03. The van der Waals surface area contributed by atoms with Crippen molar-refractivity contribution < 1.29 is 8.96 Å². The average molecular weight is 491 g/mol. The fourth-order valence-electron chi connectivity index (χ4n) is 5.22. The lowest BCUT2D eigenvalue weighted by Crippen LogP contribution is -2.38. The number of aryl methyl sites for hydroxylation is 2. The van der Waals surface area contributed by atoms with Crippen LogP contribution in [0.2, 0.25) is 0 Å². The second-order valence-electron chi connectivity index (χ2n) is 11.0. The predicted octanol–water partition coefficient (Wildman–Crippen LogP) is 11.1. The Bertz CT molecular complexity index is 570. The Morgan fingerprint density at radius 2 is 0.886 bits per heavy atom. The molecule has 1 aromatic heterocycles. The fourth-order valence-corrected chi connectivity index (χ4v) is 5.22. The van der Waals surface area contributed by atoms with Gasteiger partial charge in [0.05, 0.1) is 5.56 Å². The molecule has 0 saturated heterocycles. The van der Waals surface area contributed by atoms with E-state index in [1.807, 2.05) is 22.9 Å². The van der Waals surface area contributed by atoms with Crippen LogP contribution >= 0.6 is 0 Å². The van der Waals surface area contributed by atoms with Crippen LogP contribution < -0.4 is 4.57 Å². The molecule has 1 rings (SSSR count). The molecule has 0 bridgehead atoms. The van der Waals surface area contributed by atoms with Gasteiger partial charge >= 0.3 is 5.95 Å². The number of nitrogens with zero attached hydrogens (tertiary/aromatic N) is 1. The molecule has 1 aromatic rings. The van der Waals surface area contributed by atoms with E-state index in [1.54, 1.807) is 0 Å². The van der Waals surface area contributed by atoms with Crippen LogP contribution in [0, 0.1) is 5.95 Å². The van der Waals surface area contributed by atoms with Gasteiger partial charge in [-0.25, -0.2) is 0 Å². The zero-order chi connectivity index (χ0) is 25.2. The standard InChI is InChI=1S/C33H61FN/c1-3-5-7-9-11-13-14-15-16-17-18-19-20-21-23-25-28-32-29-27-31-35(33(32)34)30-26-24-22-12-10-8-6-4-2/h27,29,31H,3-26,28,30H2,1-2H3/q+1. The molecule has 2 heteroatoms. The zero-order valence-electron chi connectivity index (χ0n) is 23.9. The summed E-state index contributed by atoms with van der Waals surface area (Å²) < 4.78 is 16.7. The van der Waals surface area contributed by atoms with Crippen LogP contribution in [0.5, 0.6) is 0 Å².